The number of thiophene rings is 1. The molecular weight excluding hydrogens is 679 g/mol. The first-order valence-corrected chi connectivity index (χ1v) is 21.9. The van der Waals surface area contributed by atoms with Gasteiger partial charge in [-0.25, -0.2) is 0 Å². The summed E-state index contributed by atoms with van der Waals surface area (Å²) in [6.07, 6.45) is 16.3. The van der Waals surface area contributed by atoms with Crippen LogP contribution in [0.25, 0.3) is 20.2 Å². The van der Waals surface area contributed by atoms with E-state index in [4.69, 9.17) is 0 Å². The summed E-state index contributed by atoms with van der Waals surface area (Å²) in [5.41, 5.74) is 18.0. The van der Waals surface area contributed by atoms with Crippen molar-refractivity contribution in [2.75, 3.05) is 0 Å². The van der Waals surface area contributed by atoms with E-state index in [-0.39, 0.29) is 6.71 Å². The van der Waals surface area contributed by atoms with Crippen LogP contribution in [0.2, 0.25) is 0 Å². The number of allylic oxidation sites excluding steroid dienone is 4. The summed E-state index contributed by atoms with van der Waals surface area (Å²) in [7, 11) is 0. The van der Waals surface area contributed by atoms with E-state index in [1.54, 1.807) is 11.1 Å². The third kappa shape index (κ3) is 5.76. The van der Waals surface area contributed by atoms with E-state index in [2.05, 4.69) is 158 Å². The molecule has 5 aliphatic rings. The van der Waals surface area contributed by atoms with E-state index in [0.717, 1.165) is 11.8 Å². The SMILES string of the molecule is Cc1cc(C)c(B(c2ccc3sc4ccc(C5C=CC(C67CC8CC(C6)CC(c6ccccc6)(C8)C7)=CC5C)cc4c3c2)c2c(C)cc(C)cc2C)c(C)c1. The van der Waals surface area contributed by atoms with Crippen LogP contribution in [0.1, 0.15) is 95.9 Å². The lowest BCUT2D eigenvalue weighted by molar-refractivity contribution is -0.0503. The fourth-order valence-corrected chi connectivity index (χ4v) is 14.4. The molecule has 5 aromatic carbocycles. The van der Waals surface area contributed by atoms with Gasteiger partial charge in [0.25, 0.3) is 0 Å². The lowest BCUT2D eigenvalue weighted by Gasteiger charge is -2.63. The molecule has 0 nitrogen and oxygen atoms in total. The zero-order chi connectivity index (χ0) is 37.8. The highest BCUT2D eigenvalue weighted by atomic mass is 32.1. The first-order valence-electron chi connectivity index (χ1n) is 21.1. The van der Waals surface area contributed by atoms with Crippen molar-refractivity contribution >= 4 is 54.6 Å². The Morgan fingerprint density at radius 3 is 1.78 bits per heavy atom. The molecule has 55 heavy (non-hydrogen) atoms. The Hall–Kier alpha value is -4.14. The largest absolute Gasteiger partial charge is 0.242 e. The summed E-state index contributed by atoms with van der Waals surface area (Å²) < 4.78 is 2.77. The van der Waals surface area contributed by atoms with Gasteiger partial charge >= 0.3 is 0 Å². The van der Waals surface area contributed by atoms with Gasteiger partial charge in [0.1, 0.15) is 0 Å². The number of hydrogen-bond acceptors (Lipinski definition) is 1. The molecule has 0 spiro atoms. The minimum atomic E-state index is 0.180. The maximum Gasteiger partial charge on any atom is 0.242 e. The second-order valence-electron chi connectivity index (χ2n) is 18.9. The second kappa shape index (κ2) is 13.0. The van der Waals surface area contributed by atoms with Crippen LogP contribution in [0, 0.1) is 64.7 Å². The molecule has 0 amide bonds. The van der Waals surface area contributed by atoms with Crippen LogP contribution in [-0.4, -0.2) is 6.71 Å². The van der Waals surface area contributed by atoms with Crippen LogP contribution in [0.3, 0.4) is 0 Å². The van der Waals surface area contributed by atoms with Gasteiger partial charge in [0.15, 0.2) is 0 Å². The molecule has 0 N–H and O–H groups in total. The standard InChI is InChI=1S/C53H55BS/c1-32-19-35(4)50(36(5)20-32)54(51-37(6)21-33(2)22-38(51)7)44-15-18-49-47(26-44)46-25-41(13-17-48(46)55-49)45-16-14-43(23-34(45)3)53-29-39-24-40(30-53)28-52(27-39,31-53)42-11-9-8-10-12-42/h8-23,25-26,34,39-40,45H,24,27-31H2,1-7H3. The Morgan fingerprint density at radius 1 is 0.618 bits per heavy atom. The van der Waals surface area contributed by atoms with Gasteiger partial charge < -0.3 is 0 Å². The average molecular weight is 735 g/mol. The van der Waals surface area contributed by atoms with Crippen molar-refractivity contribution in [2.45, 2.75) is 98.3 Å². The number of fused-ring (bicyclic) bond motifs is 3. The van der Waals surface area contributed by atoms with Crippen molar-refractivity contribution in [2.24, 2.45) is 23.2 Å². The van der Waals surface area contributed by atoms with Crippen LogP contribution in [-0.2, 0) is 5.41 Å². The fourth-order valence-electron chi connectivity index (χ4n) is 13.3. The lowest BCUT2D eigenvalue weighted by atomic mass is 9.34. The molecule has 0 radical (unpaired) electrons. The fraction of sp³-hybridized carbons (Fsp3) is 0.358. The van der Waals surface area contributed by atoms with Crippen molar-refractivity contribution < 1.29 is 0 Å². The smallest absolute Gasteiger partial charge is 0.135 e. The average Bonchev–Trinajstić information content (AvgIpc) is 3.50. The van der Waals surface area contributed by atoms with E-state index in [0.29, 0.717) is 22.7 Å². The Kier molecular flexibility index (Phi) is 8.31. The zero-order valence-corrected chi connectivity index (χ0v) is 34.7. The summed E-state index contributed by atoms with van der Waals surface area (Å²) in [5, 5.41) is 2.81. The van der Waals surface area contributed by atoms with Crippen molar-refractivity contribution in [3.8, 4) is 0 Å². The van der Waals surface area contributed by atoms with Crippen molar-refractivity contribution in [3.63, 3.8) is 0 Å². The van der Waals surface area contributed by atoms with Gasteiger partial charge in [-0.2, -0.15) is 0 Å². The molecule has 4 atom stereocenters. The van der Waals surface area contributed by atoms with Crippen LogP contribution < -0.4 is 16.4 Å². The van der Waals surface area contributed by atoms with E-state index in [9.17, 15) is 0 Å². The highest BCUT2D eigenvalue weighted by Gasteiger charge is 2.59. The maximum absolute atomic E-state index is 2.72. The van der Waals surface area contributed by atoms with Crippen LogP contribution in [0.5, 0.6) is 0 Å². The van der Waals surface area contributed by atoms with Crippen LogP contribution >= 0.6 is 11.3 Å². The summed E-state index contributed by atoms with van der Waals surface area (Å²) >= 11 is 1.95. The van der Waals surface area contributed by atoms with E-state index in [1.165, 1.54) is 114 Å². The number of hydrogen-bond donors (Lipinski definition) is 0. The number of rotatable bonds is 6. The maximum atomic E-state index is 2.72. The van der Waals surface area contributed by atoms with E-state index in [1.807, 2.05) is 11.3 Å². The molecule has 11 rings (SSSR count). The van der Waals surface area contributed by atoms with Gasteiger partial charge in [-0.3, -0.25) is 0 Å². The highest BCUT2D eigenvalue weighted by molar-refractivity contribution is 7.25. The molecule has 2 heteroatoms. The third-order valence-corrected chi connectivity index (χ3v) is 16.0. The van der Waals surface area contributed by atoms with Gasteiger partial charge in [0.05, 0.1) is 0 Å². The summed E-state index contributed by atoms with van der Waals surface area (Å²) in [6.45, 7) is 16.4. The topological polar surface area (TPSA) is 0 Å². The molecule has 4 fully saturated rings. The molecule has 4 unspecified atom stereocenters. The van der Waals surface area contributed by atoms with Gasteiger partial charge in [-0.15, -0.1) is 11.3 Å². The van der Waals surface area contributed by atoms with Crippen LogP contribution in [0.4, 0.5) is 0 Å². The molecule has 4 bridgehead atoms. The predicted octanol–water partition coefficient (Wildman–Crippen LogP) is 12.2. The quantitative estimate of drug-likeness (QED) is 0.150. The highest BCUT2D eigenvalue weighted by Crippen LogP contribution is 2.68. The lowest BCUT2D eigenvalue weighted by Crippen LogP contribution is -2.55. The minimum Gasteiger partial charge on any atom is -0.135 e. The Morgan fingerprint density at radius 2 is 1.18 bits per heavy atom. The first-order chi connectivity index (χ1) is 26.5. The van der Waals surface area contributed by atoms with Crippen molar-refractivity contribution in [3.05, 3.63) is 159 Å². The predicted molar refractivity (Wildman–Crippen MR) is 240 cm³/mol. The van der Waals surface area contributed by atoms with Gasteiger partial charge in [0, 0.05) is 20.7 Å². The Labute approximate surface area is 333 Å². The summed E-state index contributed by atoms with van der Waals surface area (Å²) in [5.74, 6) is 2.62. The van der Waals surface area contributed by atoms with E-state index < -0.39 is 0 Å². The van der Waals surface area contributed by atoms with Gasteiger partial charge in [-0.1, -0.05) is 148 Å². The summed E-state index contributed by atoms with van der Waals surface area (Å²) in [4.78, 5) is 0. The molecule has 4 saturated carbocycles. The third-order valence-electron chi connectivity index (χ3n) is 14.8. The molecule has 1 heterocycles. The molecule has 276 valence electrons. The first kappa shape index (κ1) is 35.3. The van der Waals surface area contributed by atoms with Crippen molar-refractivity contribution in [1.29, 1.82) is 0 Å². The zero-order valence-electron chi connectivity index (χ0n) is 33.9. The molecule has 5 aliphatic carbocycles. The van der Waals surface area contributed by atoms with E-state index >= 15 is 0 Å². The van der Waals surface area contributed by atoms with Gasteiger partial charge in [-0.05, 0) is 149 Å². The Bertz CT molecular complexity index is 2450. The number of benzene rings is 5. The van der Waals surface area contributed by atoms with Gasteiger partial charge in [0.2, 0.25) is 6.71 Å². The molecule has 1 aromatic heterocycles. The molecule has 0 saturated heterocycles. The number of aryl methyl sites for hydroxylation is 6. The molecule has 0 aliphatic heterocycles. The minimum absolute atomic E-state index is 0.180. The van der Waals surface area contributed by atoms with Crippen LogP contribution in [0.15, 0.2) is 115 Å². The normalized spacial score (nSPS) is 26.9. The monoisotopic (exact) mass is 734 g/mol. The summed E-state index contributed by atoms with van der Waals surface area (Å²) in [6, 6.07) is 35.9. The van der Waals surface area contributed by atoms with Crippen molar-refractivity contribution in [1.82, 2.24) is 0 Å². The molecule has 6 aromatic rings. The Balaban J connectivity index is 1.02. The molecular formula is C53H55BS. The second-order valence-corrected chi connectivity index (χ2v) is 20.0.